The summed E-state index contributed by atoms with van der Waals surface area (Å²) in [5.41, 5.74) is 1.10. The van der Waals surface area contributed by atoms with Gasteiger partial charge in [0.25, 0.3) is 5.91 Å². The maximum atomic E-state index is 11.9. The second-order valence-corrected chi connectivity index (χ2v) is 6.07. The van der Waals surface area contributed by atoms with Gasteiger partial charge in [-0.05, 0) is 40.6 Å². The summed E-state index contributed by atoms with van der Waals surface area (Å²) in [5, 5.41) is 5.23. The second kappa shape index (κ2) is 7.29. The van der Waals surface area contributed by atoms with Crippen molar-refractivity contribution in [2.24, 2.45) is 0 Å². The average Bonchev–Trinajstić information content (AvgIpc) is 2.59. The van der Waals surface area contributed by atoms with Crippen molar-refractivity contribution in [1.29, 1.82) is 0 Å². The van der Waals surface area contributed by atoms with Crippen molar-refractivity contribution in [2.75, 3.05) is 6.61 Å². The van der Waals surface area contributed by atoms with Crippen LogP contribution in [0.25, 0.3) is 10.8 Å². The predicted octanol–water partition coefficient (Wildman–Crippen LogP) is 4.30. The molecule has 3 aromatic rings. The van der Waals surface area contributed by atoms with Gasteiger partial charge in [0.1, 0.15) is 5.75 Å². The van der Waals surface area contributed by atoms with Gasteiger partial charge in [-0.2, -0.15) is 0 Å². The molecule has 0 saturated heterocycles. The van der Waals surface area contributed by atoms with Gasteiger partial charge in [0.2, 0.25) is 0 Å². The normalized spacial score (nSPS) is 10.5. The maximum absolute atomic E-state index is 11.9. The number of benzene rings is 3. The molecule has 0 unspecified atom stereocenters. The van der Waals surface area contributed by atoms with Gasteiger partial charge in [-0.15, -0.1) is 0 Å². The molecule has 0 bridgehead atoms. The van der Waals surface area contributed by atoms with E-state index in [1.165, 1.54) is 5.39 Å². The summed E-state index contributed by atoms with van der Waals surface area (Å²) in [5.74, 6) is 0.536. The highest BCUT2D eigenvalue weighted by atomic mass is 79.9. The molecule has 0 aromatic heterocycles. The molecule has 0 fully saturated rings. The summed E-state index contributed by atoms with van der Waals surface area (Å²) in [6, 6.07) is 21.6. The molecule has 1 amide bonds. The minimum absolute atomic E-state index is 0.00635. The number of hydrogen-bond donors (Lipinski definition) is 1. The van der Waals surface area contributed by atoms with Crippen molar-refractivity contribution >= 4 is 32.6 Å². The number of rotatable bonds is 5. The van der Waals surface area contributed by atoms with Crippen molar-refractivity contribution in [2.45, 2.75) is 6.54 Å². The van der Waals surface area contributed by atoms with Gasteiger partial charge < -0.3 is 10.1 Å². The molecule has 23 heavy (non-hydrogen) atoms. The Kier molecular flexibility index (Phi) is 4.93. The van der Waals surface area contributed by atoms with Crippen LogP contribution >= 0.6 is 15.9 Å². The first-order valence-electron chi connectivity index (χ1n) is 7.34. The summed E-state index contributed by atoms with van der Waals surface area (Å²) in [7, 11) is 0. The Morgan fingerprint density at radius 3 is 2.52 bits per heavy atom. The Balaban J connectivity index is 1.57. The highest BCUT2D eigenvalue weighted by molar-refractivity contribution is 9.10. The highest BCUT2D eigenvalue weighted by Gasteiger charge is 2.05. The quantitative estimate of drug-likeness (QED) is 0.727. The number of hydrogen-bond acceptors (Lipinski definition) is 2. The van der Waals surface area contributed by atoms with Crippen LogP contribution in [-0.2, 0) is 11.3 Å². The smallest absolute Gasteiger partial charge is 0.258 e. The van der Waals surface area contributed by atoms with Crippen molar-refractivity contribution < 1.29 is 9.53 Å². The maximum Gasteiger partial charge on any atom is 0.258 e. The Morgan fingerprint density at radius 1 is 0.957 bits per heavy atom. The van der Waals surface area contributed by atoms with Crippen molar-refractivity contribution in [1.82, 2.24) is 5.32 Å². The highest BCUT2D eigenvalue weighted by Crippen LogP contribution is 2.18. The second-order valence-electron chi connectivity index (χ2n) is 5.16. The zero-order chi connectivity index (χ0) is 16.1. The third kappa shape index (κ3) is 4.11. The minimum atomic E-state index is -0.138. The van der Waals surface area contributed by atoms with Gasteiger partial charge in [0.05, 0.1) is 0 Å². The van der Waals surface area contributed by atoms with Crippen molar-refractivity contribution in [3.8, 4) is 5.75 Å². The van der Waals surface area contributed by atoms with Gasteiger partial charge in [-0.1, -0.05) is 58.4 Å². The molecule has 3 rings (SSSR count). The molecule has 0 radical (unpaired) electrons. The molecule has 0 heterocycles. The zero-order valence-electron chi connectivity index (χ0n) is 12.5. The fourth-order valence-corrected chi connectivity index (χ4v) is 2.64. The molecular formula is C19H16BrNO2. The summed E-state index contributed by atoms with van der Waals surface area (Å²) >= 11 is 3.36. The lowest BCUT2D eigenvalue weighted by Gasteiger charge is -2.09. The number of carbonyl (C=O) groups is 1. The number of fused-ring (bicyclic) bond motifs is 1. The molecule has 116 valence electrons. The van der Waals surface area contributed by atoms with E-state index >= 15 is 0 Å². The fourth-order valence-electron chi connectivity index (χ4n) is 2.37. The molecule has 0 saturated carbocycles. The van der Waals surface area contributed by atoms with E-state index in [1.807, 2.05) is 48.5 Å². The summed E-state index contributed by atoms with van der Waals surface area (Å²) in [4.78, 5) is 11.9. The third-order valence-electron chi connectivity index (χ3n) is 3.54. The van der Waals surface area contributed by atoms with Crippen LogP contribution in [0.5, 0.6) is 5.75 Å². The monoisotopic (exact) mass is 369 g/mol. The van der Waals surface area contributed by atoms with E-state index in [9.17, 15) is 4.79 Å². The molecule has 0 aliphatic heterocycles. The lowest BCUT2D eigenvalue weighted by Crippen LogP contribution is -2.28. The molecule has 0 aliphatic rings. The number of amides is 1. The lowest BCUT2D eigenvalue weighted by molar-refractivity contribution is -0.123. The number of nitrogens with one attached hydrogen (secondary N) is 1. The van der Waals surface area contributed by atoms with Crippen LogP contribution in [0.3, 0.4) is 0 Å². The molecule has 0 aliphatic carbocycles. The van der Waals surface area contributed by atoms with E-state index in [4.69, 9.17) is 4.74 Å². The number of carbonyl (C=O) groups excluding carboxylic acids is 1. The first-order chi connectivity index (χ1) is 11.2. The van der Waals surface area contributed by atoms with Crippen molar-refractivity contribution in [3.63, 3.8) is 0 Å². The van der Waals surface area contributed by atoms with Crippen LogP contribution in [0.15, 0.2) is 71.2 Å². The Labute approximate surface area is 143 Å². The molecule has 0 atom stereocenters. The molecule has 3 aromatic carbocycles. The van der Waals surface area contributed by atoms with Gasteiger partial charge >= 0.3 is 0 Å². The molecular weight excluding hydrogens is 354 g/mol. The fraction of sp³-hybridized carbons (Fsp3) is 0.105. The number of ether oxygens (including phenoxy) is 1. The van der Waals surface area contributed by atoms with Gasteiger partial charge in [0.15, 0.2) is 6.61 Å². The Hall–Kier alpha value is -2.33. The molecule has 4 heteroatoms. The molecule has 1 N–H and O–H groups in total. The van der Waals surface area contributed by atoms with E-state index in [0.29, 0.717) is 12.3 Å². The Bertz CT molecular complexity index is 810. The van der Waals surface area contributed by atoms with E-state index < -0.39 is 0 Å². The number of halogens is 1. The van der Waals surface area contributed by atoms with Gasteiger partial charge in [-0.3, -0.25) is 4.79 Å². The molecule has 0 spiro atoms. The lowest BCUT2D eigenvalue weighted by atomic mass is 10.0. The third-order valence-corrected chi connectivity index (χ3v) is 4.07. The molecule has 3 nitrogen and oxygen atoms in total. The standard InChI is InChI=1S/C19H16BrNO2/c20-16-8-10-17(11-9-16)23-13-19(22)21-12-15-6-3-5-14-4-1-2-7-18(14)15/h1-11H,12-13H2,(H,21,22). The largest absolute Gasteiger partial charge is 0.484 e. The van der Waals surface area contributed by atoms with E-state index in [2.05, 4.69) is 39.4 Å². The van der Waals surface area contributed by atoms with Crippen LogP contribution in [0, 0.1) is 0 Å². The van der Waals surface area contributed by atoms with Crippen LogP contribution in [0.4, 0.5) is 0 Å². The van der Waals surface area contributed by atoms with Crippen LogP contribution < -0.4 is 10.1 Å². The predicted molar refractivity (Wildman–Crippen MR) is 95.4 cm³/mol. The van der Waals surface area contributed by atoms with Crippen molar-refractivity contribution in [3.05, 3.63) is 76.8 Å². The zero-order valence-corrected chi connectivity index (χ0v) is 14.0. The minimum Gasteiger partial charge on any atom is -0.484 e. The van der Waals surface area contributed by atoms with Crippen LogP contribution in [-0.4, -0.2) is 12.5 Å². The van der Waals surface area contributed by atoms with E-state index in [0.717, 1.165) is 15.4 Å². The summed E-state index contributed by atoms with van der Waals surface area (Å²) < 4.78 is 6.44. The summed E-state index contributed by atoms with van der Waals surface area (Å²) in [6.45, 7) is 0.496. The van der Waals surface area contributed by atoms with E-state index in [1.54, 1.807) is 0 Å². The van der Waals surface area contributed by atoms with Gasteiger partial charge in [0, 0.05) is 11.0 Å². The first kappa shape index (κ1) is 15.6. The average molecular weight is 370 g/mol. The Morgan fingerprint density at radius 2 is 1.70 bits per heavy atom. The van der Waals surface area contributed by atoms with E-state index in [-0.39, 0.29) is 12.5 Å². The van der Waals surface area contributed by atoms with Gasteiger partial charge in [-0.25, -0.2) is 0 Å². The SMILES string of the molecule is O=C(COc1ccc(Br)cc1)NCc1cccc2ccccc12. The van der Waals surface area contributed by atoms with Crippen LogP contribution in [0.2, 0.25) is 0 Å². The first-order valence-corrected chi connectivity index (χ1v) is 8.13. The summed E-state index contributed by atoms with van der Waals surface area (Å²) in [6.07, 6.45) is 0. The van der Waals surface area contributed by atoms with Crippen LogP contribution in [0.1, 0.15) is 5.56 Å². The topological polar surface area (TPSA) is 38.3 Å².